The Morgan fingerprint density at radius 3 is 2.52 bits per heavy atom. The number of aryl methyl sites for hydroxylation is 1. The number of amides is 1. The molecule has 5 heteroatoms. The molecule has 1 fully saturated rings. The summed E-state index contributed by atoms with van der Waals surface area (Å²) in [4.78, 5) is 23.2. The zero-order valence-electron chi connectivity index (χ0n) is 14.7. The van der Waals surface area contributed by atoms with E-state index in [9.17, 15) is 4.79 Å². The summed E-state index contributed by atoms with van der Waals surface area (Å²) in [5.41, 5.74) is 9.55. The Hall–Kier alpha value is -2.43. The molecule has 0 atom stereocenters. The summed E-state index contributed by atoms with van der Waals surface area (Å²) >= 11 is 0. The van der Waals surface area contributed by atoms with E-state index in [1.54, 1.807) is 11.8 Å². The molecule has 0 radical (unpaired) electrons. The lowest BCUT2D eigenvalue weighted by molar-refractivity contribution is 0.0980. The Kier molecular flexibility index (Phi) is 4.15. The van der Waals surface area contributed by atoms with Crippen molar-refractivity contribution in [2.24, 2.45) is 0 Å². The minimum atomic E-state index is -0.0934. The molecule has 5 nitrogen and oxygen atoms in total. The second-order valence-corrected chi connectivity index (χ2v) is 7.11. The quantitative estimate of drug-likeness (QED) is 0.909. The van der Waals surface area contributed by atoms with Crippen LogP contribution in [0.2, 0.25) is 0 Å². The molecule has 0 spiro atoms. The molecular formula is C20H24N4O. The maximum Gasteiger partial charge on any atom is 0.263 e. The molecule has 2 aliphatic rings. The van der Waals surface area contributed by atoms with Crippen LogP contribution >= 0.6 is 0 Å². The summed E-state index contributed by atoms with van der Waals surface area (Å²) in [7, 11) is 0. The van der Waals surface area contributed by atoms with E-state index in [1.165, 1.54) is 37.7 Å². The molecular weight excluding hydrogens is 312 g/mol. The Morgan fingerprint density at radius 2 is 1.80 bits per heavy atom. The molecule has 1 aliphatic heterocycles. The lowest BCUT2D eigenvalue weighted by Gasteiger charge is -2.29. The van der Waals surface area contributed by atoms with Gasteiger partial charge < -0.3 is 10.6 Å². The molecule has 1 aromatic carbocycles. The first-order valence-corrected chi connectivity index (χ1v) is 9.18. The van der Waals surface area contributed by atoms with E-state index in [0.29, 0.717) is 30.3 Å². The number of rotatable bonds is 2. The van der Waals surface area contributed by atoms with E-state index in [1.807, 2.05) is 0 Å². The van der Waals surface area contributed by atoms with Gasteiger partial charge in [0.2, 0.25) is 0 Å². The van der Waals surface area contributed by atoms with Crippen LogP contribution in [0, 0.1) is 6.92 Å². The Balaban J connectivity index is 1.59. The monoisotopic (exact) mass is 336 g/mol. The molecule has 25 heavy (non-hydrogen) atoms. The number of nitrogen functional groups attached to an aromatic ring is 1. The van der Waals surface area contributed by atoms with Crippen LogP contribution in [-0.4, -0.2) is 22.4 Å². The van der Waals surface area contributed by atoms with Gasteiger partial charge in [0, 0.05) is 18.7 Å². The number of anilines is 2. The van der Waals surface area contributed by atoms with E-state index in [-0.39, 0.29) is 11.7 Å². The summed E-state index contributed by atoms with van der Waals surface area (Å²) in [6.45, 7) is 2.43. The van der Waals surface area contributed by atoms with Crippen molar-refractivity contribution in [3.05, 3.63) is 46.9 Å². The van der Waals surface area contributed by atoms with Crippen LogP contribution in [0.25, 0.3) is 0 Å². The summed E-state index contributed by atoms with van der Waals surface area (Å²) in [5, 5.41) is 0. The molecule has 130 valence electrons. The van der Waals surface area contributed by atoms with Crippen molar-refractivity contribution >= 4 is 17.4 Å². The second kappa shape index (κ2) is 6.47. The highest BCUT2D eigenvalue weighted by atomic mass is 16.2. The topological polar surface area (TPSA) is 72.1 Å². The maximum absolute atomic E-state index is 12.9. The molecule has 2 heterocycles. The Labute approximate surface area is 148 Å². The standard InChI is InChI=1S/C20H24N4O/c1-13-22-17-11-12-24(20(25)18(17)19(21)23-13)16-9-7-15(8-10-16)14-5-3-2-4-6-14/h7-10,14H,2-6,11-12H2,1H3,(H2,21,22,23). The average Bonchev–Trinajstić information content (AvgIpc) is 2.62. The van der Waals surface area contributed by atoms with Gasteiger partial charge in [0.25, 0.3) is 5.91 Å². The van der Waals surface area contributed by atoms with E-state index in [4.69, 9.17) is 5.73 Å². The fourth-order valence-electron chi connectivity index (χ4n) is 4.13. The average molecular weight is 336 g/mol. The molecule has 0 unspecified atom stereocenters. The highest BCUT2D eigenvalue weighted by Gasteiger charge is 2.29. The first-order valence-electron chi connectivity index (χ1n) is 9.18. The van der Waals surface area contributed by atoms with Crippen molar-refractivity contribution in [1.82, 2.24) is 9.97 Å². The van der Waals surface area contributed by atoms with Gasteiger partial charge in [0.15, 0.2) is 0 Å². The first-order chi connectivity index (χ1) is 12.1. The highest BCUT2D eigenvalue weighted by Crippen LogP contribution is 2.34. The molecule has 0 bridgehead atoms. The molecule has 1 amide bonds. The van der Waals surface area contributed by atoms with Gasteiger partial charge in [-0.15, -0.1) is 0 Å². The van der Waals surface area contributed by atoms with E-state index in [0.717, 1.165) is 11.4 Å². The van der Waals surface area contributed by atoms with Crippen molar-refractivity contribution < 1.29 is 4.79 Å². The highest BCUT2D eigenvalue weighted by molar-refractivity contribution is 6.10. The van der Waals surface area contributed by atoms with Crippen molar-refractivity contribution in [3.63, 3.8) is 0 Å². The Bertz CT molecular complexity index is 794. The molecule has 2 aromatic rings. The molecule has 1 aromatic heterocycles. The number of aromatic nitrogens is 2. The fraction of sp³-hybridized carbons (Fsp3) is 0.450. The fourth-order valence-corrected chi connectivity index (χ4v) is 4.13. The zero-order valence-corrected chi connectivity index (χ0v) is 14.7. The lowest BCUT2D eigenvalue weighted by atomic mass is 9.84. The van der Waals surface area contributed by atoms with E-state index < -0.39 is 0 Å². The predicted octanol–water partition coefficient (Wildman–Crippen LogP) is 3.62. The number of fused-ring (bicyclic) bond motifs is 1. The van der Waals surface area contributed by atoms with Gasteiger partial charge in [-0.3, -0.25) is 4.79 Å². The van der Waals surface area contributed by atoms with Crippen molar-refractivity contribution in [3.8, 4) is 0 Å². The van der Waals surface area contributed by atoms with Gasteiger partial charge in [0.1, 0.15) is 17.2 Å². The third kappa shape index (κ3) is 2.99. The normalized spacial score (nSPS) is 18.3. The number of nitrogens with two attached hydrogens (primary N) is 1. The minimum Gasteiger partial charge on any atom is -0.383 e. The smallest absolute Gasteiger partial charge is 0.263 e. The molecule has 0 saturated heterocycles. The number of carbonyl (C=O) groups is 1. The SMILES string of the molecule is Cc1nc(N)c2c(n1)CCN(c1ccc(C3CCCCC3)cc1)C2=O. The first kappa shape index (κ1) is 16.1. The van der Waals surface area contributed by atoms with Crippen LogP contribution in [0.15, 0.2) is 24.3 Å². The van der Waals surface area contributed by atoms with Gasteiger partial charge in [-0.05, 0) is 43.4 Å². The maximum atomic E-state index is 12.9. The number of benzene rings is 1. The largest absolute Gasteiger partial charge is 0.383 e. The summed E-state index contributed by atoms with van der Waals surface area (Å²) < 4.78 is 0. The number of hydrogen-bond donors (Lipinski definition) is 1. The summed E-state index contributed by atoms with van der Waals surface area (Å²) in [6.07, 6.45) is 7.28. The predicted molar refractivity (Wildman–Crippen MR) is 98.8 cm³/mol. The van der Waals surface area contributed by atoms with E-state index >= 15 is 0 Å². The summed E-state index contributed by atoms with van der Waals surface area (Å²) in [6, 6.07) is 8.50. The van der Waals surface area contributed by atoms with Crippen LogP contribution in [0.1, 0.15) is 65.5 Å². The van der Waals surface area contributed by atoms with Crippen molar-refractivity contribution in [1.29, 1.82) is 0 Å². The van der Waals surface area contributed by atoms with Gasteiger partial charge in [-0.2, -0.15) is 0 Å². The van der Waals surface area contributed by atoms with Crippen LogP contribution in [0.3, 0.4) is 0 Å². The zero-order chi connectivity index (χ0) is 17.4. The van der Waals surface area contributed by atoms with Crippen LogP contribution in [-0.2, 0) is 6.42 Å². The third-order valence-electron chi connectivity index (χ3n) is 5.44. The molecule has 2 N–H and O–H groups in total. The summed E-state index contributed by atoms with van der Waals surface area (Å²) in [5.74, 6) is 1.49. The van der Waals surface area contributed by atoms with Gasteiger partial charge in [0.05, 0.1) is 5.69 Å². The van der Waals surface area contributed by atoms with Crippen LogP contribution in [0.4, 0.5) is 11.5 Å². The van der Waals surface area contributed by atoms with Gasteiger partial charge in [-0.1, -0.05) is 31.4 Å². The molecule has 1 saturated carbocycles. The van der Waals surface area contributed by atoms with Gasteiger partial charge >= 0.3 is 0 Å². The van der Waals surface area contributed by atoms with Crippen LogP contribution < -0.4 is 10.6 Å². The number of nitrogens with zero attached hydrogens (tertiary/aromatic N) is 3. The number of carbonyl (C=O) groups excluding carboxylic acids is 1. The minimum absolute atomic E-state index is 0.0934. The van der Waals surface area contributed by atoms with Crippen molar-refractivity contribution in [2.75, 3.05) is 17.2 Å². The van der Waals surface area contributed by atoms with Crippen molar-refractivity contribution in [2.45, 2.75) is 51.4 Å². The lowest BCUT2D eigenvalue weighted by Crippen LogP contribution is -2.39. The molecule has 1 aliphatic carbocycles. The number of hydrogen-bond acceptors (Lipinski definition) is 4. The Morgan fingerprint density at radius 1 is 1.08 bits per heavy atom. The second-order valence-electron chi connectivity index (χ2n) is 7.11. The van der Waals surface area contributed by atoms with E-state index in [2.05, 4.69) is 34.2 Å². The third-order valence-corrected chi connectivity index (χ3v) is 5.44. The molecule has 4 rings (SSSR count). The van der Waals surface area contributed by atoms with Gasteiger partial charge in [-0.25, -0.2) is 9.97 Å². The van der Waals surface area contributed by atoms with Crippen LogP contribution in [0.5, 0.6) is 0 Å².